The standard InChI is InChI=1S/C19H26N4O4S/c1-21-13-10-20-18(21)14-27-17-6-4-15(5-7-17)19(24)23-11-8-16(9-12-23)22(2)28(3,25)26/h4-7,10,13,16H,8-9,11-12,14H2,1-3H3. The average molecular weight is 407 g/mol. The second-order valence-electron chi connectivity index (χ2n) is 7.07. The molecule has 0 radical (unpaired) electrons. The van der Waals surface area contributed by atoms with Gasteiger partial charge in [0.1, 0.15) is 18.2 Å². The van der Waals surface area contributed by atoms with Crippen molar-refractivity contribution in [2.24, 2.45) is 7.05 Å². The minimum Gasteiger partial charge on any atom is -0.486 e. The number of amides is 1. The Labute approximate surface area is 165 Å². The van der Waals surface area contributed by atoms with Crippen LogP contribution in [0.15, 0.2) is 36.7 Å². The summed E-state index contributed by atoms with van der Waals surface area (Å²) in [4.78, 5) is 18.7. The van der Waals surface area contributed by atoms with E-state index in [9.17, 15) is 13.2 Å². The maximum atomic E-state index is 12.7. The van der Waals surface area contributed by atoms with E-state index in [1.54, 1.807) is 42.4 Å². The minimum atomic E-state index is -3.21. The molecule has 0 N–H and O–H groups in total. The summed E-state index contributed by atoms with van der Waals surface area (Å²) < 4.78 is 32.4. The largest absolute Gasteiger partial charge is 0.486 e. The Morgan fingerprint density at radius 2 is 1.89 bits per heavy atom. The number of ether oxygens (including phenoxy) is 1. The second-order valence-corrected chi connectivity index (χ2v) is 9.11. The number of likely N-dealkylation sites (tertiary alicyclic amines) is 1. The highest BCUT2D eigenvalue weighted by Crippen LogP contribution is 2.20. The van der Waals surface area contributed by atoms with Crippen LogP contribution in [0.2, 0.25) is 0 Å². The molecule has 2 heterocycles. The Morgan fingerprint density at radius 3 is 2.43 bits per heavy atom. The SMILES string of the molecule is CN(C1CCN(C(=O)c2ccc(OCc3nccn3C)cc2)CC1)S(C)(=O)=O. The molecule has 0 spiro atoms. The van der Waals surface area contributed by atoms with Crippen molar-refractivity contribution in [1.82, 2.24) is 18.8 Å². The van der Waals surface area contributed by atoms with Crippen molar-refractivity contribution in [2.75, 3.05) is 26.4 Å². The van der Waals surface area contributed by atoms with E-state index in [1.165, 1.54) is 10.6 Å². The predicted octanol–water partition coefficient (Wildman–Crippen LogP) is 1.50. The maximum Gasteiger partial charge on any atom is 0.253 e. The molecule has 1 amide bonds. The summed E-state index contributed by atoms with van der Waals surface area (Å²) >= 11 is 0. The smallest absolute Gasteiger partial charge is 0.253 e. The van der Waals surface area contributed by atoms with Gasteiger partial charge in [-0.3, -0.25) is 4.79 Å². The number of sulfonamides is 1. The number of nitrogens with zero attached hydrogens (tertiary/aromatic N) is 4. The molecule has 3 rings (SSSR count). The number of benzene rings is 1. The lowest BCUT2D eigenvalue weighted by Crippen LogP contribution is -2.47. The van der Waals surface area contributed by atoms with Crippen molar-refractivity contribution >= 4 is 15.9 Å². The van der Waals surface area contributed by atoms with Gasteiger partial charge in [0.15, 0.2) is 0 Å². The molecule has 0 saturated carbocycles. The summed E-state index contributed by atoms with van der Waals surface area (Å²) in [6.07, 6.45) is 6.07. The lowest BCUT2D eigenvalue weighted by Gasteiger charge is -2.35. The molecule has 0 aliphatic carbocycles. The number of hydrogen-bond donors (Lipinski definition) is 0. The Kier molecular flexibility index (Phi) is 6.04. The number of carbonyl (C=O) groups excluding carboxylic acids is 1. The van der Waals surface area contributed by atoms with Crippen LogP contribution in [0.3, 0.4) is 0 Å². The fourth-order valence-electron chi connectivity index (χ4n) is 3.26. The molecule has 1 aromatic heterocycles. The van der Waals surface area contributed by atoms with Gasteiger partial charge in [-0.1, -0.05) is 0 Å². The van der Waals surface area contributed by atoms with E-state index in [0.717, 1.165) is 5.82 Å². The van der Waals surface area contributed by atoms with Gasteiger partial charge >= 0.3 is 0 Å². The molecule has 1 fully saturated rings. The van der Waals surface area contributed by atoms with Crippen molar-refractivity contribution in [3.63, 3.8) is 0 Å². The van der Waals surface area contributed by atoms with E-state index >= 15 is 0 Å². The van der Waals surface area contributed by atoms with Gasteiger partial charge in [0, 0.05) is 51.2 Å². The first kappa shape index (κ1) is 20.3. The van der Waals surface area contributed by atoms with Crippen molar-refractivity contribution in [2.45, 2.75) is 25.5 Å². The fourth-order valence-corrected chi connectivity index (χ4v) is 4.02. The fraction of sp³-hybridized carbons (Fsp3) is 0.474. The molecule has 1 aliphatic rings. The van der Waals surface area contributed by atoms with Gasteiger partial charge < -0.3 is 14.2 Å². The highest BCUT2D eigenvalue weighted by atomic mass is 32.2. The molecule has 0 unspecified atom stereocenters. The van der Waals surface area contributed by atoms with E-state index in [1.807, 2.05) is 17.8 Å². The Balaban J connectivity index is 1.54. The van der Waals surface area contributed by atoms with E-state index in [2.05, 4.69) is 4.98 Å². The quantitative estimate of drug-likeness (QED) is 0.726. The van der Waals surface area contributed by atoms with Crippen LogP contribution in [0, 0.1) is 0 Å². The van der Waals surface area contributed by atoms with Crippen LogP contribution in [0.5, 0.6) is 5.75 Å². The lowest BCUT2D eigenvalue weighted by molar-refractivity contribution is 0.0686. The number of hydrogen-bond acceptors (Lipinski definition) is 5. The van der Waals surface area contributed by atoms with E-state index < -0.39 is 10.0 Å². The highest BCUT2D eigenvalue weighted by molar-refractivity contribution is 7.88. The zero-order chi connectivity index (χ0) is 20.3. The molecule has 2 aromatic rings. The first-order chi connectivity index (χ1) is 13.3. The summed E-state index contributed by atoms with van der Waals surface area (Å²) in [6.45, 7) is 1.44. The molecule has 1 aliphatic heterocycles. The van der Waals surface area contributed by atoms with E-state index in [0.29, 0.717) is 43.9 Å². The molecule has 8 nitrogen and oxygen atoms in total. The third-order valence-corrected chi connectivity index (χ3v) is 6.52. The monoisotopic (exact) mass is 406 g/mol. The van der Waals surface area contributed by atoms with Gasteiger partial charge in [-0.05, 0) is 37.1 Å². The third-order valence-electron chi connectivity index (χ3n) is 5.18. The number of aryl methyl sites for hydroxylation is 1. The summed E-state index contributed by atoms with van der Waals surface area (Å²) in [5, 5.41) is 0. The Hall–Kier alpha value is -2.39. The van der Waals surface area contributed by atoms with Crippen LogP contribution in [-0.4, -0.2) is 65.5 Å². The molecule has 0 bridgehead atoms. The van der Waals surface area contributed by atoms with Crippen molar-refractivity contribution < 1.29 is 17.9 Å². The molecule has 28 heavy (non-hydrogen) atoms. The summed E-state index contributed by atoms with van der Waals surface area (Å²) in [5.74, 6) is 1.45. The van der Waals surface area contributed by atoms with Crippen molar-refractivity contribution in [3.8, 4) is 5.75 Å². The first-order valence-corrected chi connectivity index (χ1v) is 11.0. The van der Waals surface area contributed by atoms with Gasteiger partial charge in [-0.15, -0.1) is 0 Å². The van der Waals surface area contributed by atoms with Crippen LogP contribution in [0.1, 0.15) is 29.0 Å². The Bertz CT molecular complexity index is 916. The normalized spacial score (nSPS) is 15.8. The number of piperidine rings is 1. The number of carbonyl (C=O) groups is 1. The topological polar surface area (TPSA) is 84.7 Å². The van der Waals surface area contributed by atoms with E-state index in [4.69, 9.17) is 4.74 Å². The zero-order valence-electron chi connectivity index (χ0n) is 16.4. The van der Waals surface area contributed by atoms with Crippen molar-refractivity contribution in [3.05, 3.63) is 48.0 Å². The van der Waals surface area contributed by atoms with Gasteiger partial charge in [0.2, 0.25) is 10.0 Å². The zero-order valence-corrected chi connectivity index (χ0v) is 17.2. The number of rotatable bonds is 6. The number of imidazole rings is 1. The van der Waals surface area contributed by atoms with Crippen LogP contribution in [0.25, 0.3) is 0 Å². The first-order valence-electron chi connectivity index (χ1n) is 9.17. The van der Waals surface area contributed by atoms with Gasteiger partial charge in [0.25, 0.3) is 5.91 Å². The number of aromatic nitrogens is 2. The molecule has 0 atom stereocenters. The molecule has 1 saturated heterocycles. The van der Waals surface area contributed by atoms with Gasteiger partial charge in [0.05, 0.1) is 6.26 Å². The molecule has 9 heteroatoms. The third kappa shape index (κ3) is 4.71. The average Bonchev–Trinajstić information content (AvgIpc) is 3.10. The van der Waals surface area contributed by atoms with Crippen LogP contribution in [0.4, 0.5) is 0 Å². The highest BCUT2D eigenvalue weighted by Gasteiger charge is 2.29. The van der Waals surface area contributed by atoms with Crippen LogP contribution >= 0.6 is 0 Å². The molecule has 1 aromatic carbocycles. The lowest BCUT2D eigenvalue weighted by atomic mass is 10.0. The van der Waals surface area contributed by atoms with Gasteiger partial charge in [-0.2, -0.15) is 0 Å². The maximum absolute atomic E-state index is 12.7. The van der Waals surface area contributed by atoms with E-state index in [-0.39, 0.29) is 11.9 Å². The Morgan fingerprint density at radius 1 is 1.25 bits per heavy atom. The molecular formula is C19H26N4O4S. The van der Waals surface area contributed by atoms with Crippen molar-refractivity contribution in [1.29, 1.82) is 0 Å². The molecule has 152 valence electrons. The van der Waals surface area contributed by atoms with Gasteiger partial charge in [-0.25, -0.2) is 17.7 Å². The van der Waals surface area contributed by atoms with Crippen LogP contribution in [-0.2, 0) is 23.7 Å². The predicted molar refractivity (Wildman–Crippen MR) is 106 cm³/mol. The minimum absolute atomic E-state index is 0.0453. The second kappa shape index (κ2) is 8.32. The summed E-state index contributed by atoms with van der Waals surface area (Å²) in [6, 6.07) is 7.01. The summed E-state index contributed by atoms with van der Waals surface area (Å²) in [5.41, 5.74) is 0.597. The van der Waals surface area contributed by atoms with Crippen LogP contribution < -0.4 is 4.74 Å². The summed E-state index contributed by atoms with van der Waals surface area (Å²) in [7, 11) is 0.294. The molecular weight excluding hydrogens is 380 g/mol.